The zero-order valence-corrected chi connectivity index (χ0v) is 10.1. The first-order valence-corrected chi connectivity index (χ1v) is 5.37. The fourth-order valence-electron chi connectivity index (χ4n) is 0.957. The minimum absolute atomic E-state index is 0.288. The molecule has 96 valence electrons. The zero-order valence-electron chi connectivity index (χ0n) is 10.1. The maximum absolute atomic E-state index is 10.0. The van der Waals surface area contributed by atoms with Gasteiger partial charge in [-0.25, -0.2) is 4.79 Å². The summed E-state index contributed by atoms with van der Waals surface area (Å²) in [6.45, 7) is 4.19. The van der Waals surface area contributed by atoms with Gasteiger partial charge in [-0.2, -0.15) is 0 Å². The molecule has 0 aromatic heterocycles. The molecule has 0 fully saturated rings. The molecule has 5 nitrogen and oxygen atoms in total. The Hall–Kier alpha value is -1.59. The van der Waals surface area contributed by atoms with Gasteiger partial charge in [0, 0.05) is 0 Å². The quantitative estimate of drug-likeness (QED) is 0.672. The third-order valence-electron chi connectivity index (χ3n) is 1.61. The largest absolute Gasteiger partial charge is 0.482 e. The van der Waals surface area contributed by atoms with Crippen LogP contribution in [0.3, 0.4) is 0 Å². The van der Waals surface area contributed by atoms with Gasteiger partial charge >= 0.3 is 5.97 Å². The van der Waals surface area contributed by atoms with Gasteiger partial charge in [0.2, 0.25) is 0 Å². The van der Waals surface area contributed by atoms with E-state index in [1.807, 2.05) is 13.0 Å². The molecule has 0 saturated heterocycles. The molecular formula is C12H19NO4. The molecule has 17 heavy (non-hydrogen) atoms. The Morgan fingerprint density at radius 1 is 1.41 bits per heavy atom. The molecule has 1 atom stereocenters. The molecule has 5 heteroatoms. The highest BCUT2D eigenvalue weighted by Gasteiger charge is 1.96. The molecule has 0 aliphatic rings. The molecule has 0 saturated carbocycles. The number of carboxylic acids is 1. The van der Waals surface area contributed by atoms with Crippen molar-refractivity contribution in [2.75, 3.05) is 13.2 Å². The van der Waals surface area contributed by atoms with Gasteiger partial charge in [-0.1, -0.05) is 25.1 Å². The first kappa shape index (κ1) is 15.4. The number of rotatable bonds is 5. The molecule has 0 spiro atoms. The molecule has 0 aliphatic heterocycles. The summed E-state index contributed by atoms with van der Waals surface area (Å²) in [5.41, 5.74) is 0. The number of aliphatic hydroxyl groups is 1. The minimum atomic E-state index is -0.964. The van der Waals surface area contributed by atoms with Crippen LogP contribution in [0.25, 0.3) is 0 Å². The van der Waals surface area contributed by atoms with Crippen molar-refractivity contribution in [3.05, 3.63) is 30.3 Å². The van der Waals surface area contributed by atoms with E-state index in [1.54, 1.807) is 31.2 Å². The Labute approximate surface area is 101 Å². The van der Waals surface area contributed by atoms with Crippen molar-refractivity contribution in [2.45, 2.75) is 20.1 Å². The number of hydrogen-bond acceptors (Lipinski definition) is 4. The third-order valence-corrected chi connectivity index (χ3v) is 1.61. The van der Waals surface area contributed by atoms with Gasteiger partial charge in [0.05, 0.1) is 0 Å². The first-order valence-electron chi connectivity index (χ1n) is 5.37. The summed E-state index contributed by atoms with van der Waals surface area (Å²) >= 11 is 0. The van der Waals surface area contributed by atoms with Crippen LogP contribution in [0.4, 0.5) is 0 Å². The predicted molar refractivity (Wildman–Crippen MR) is 64.9 cm³/mol. The number of hydrogen-bond donors (Lipinski definition) is 3. The maximum atomic E-state index is 10.0. The highest BCUT2D eigenvalue weighted by Crippen LogP contribution is 2.07. The van der Waals surface area contributed by atoms with Gasteiger partial charge in [0.25, 0.3) is 0 Å². The van der Waals surface area contributed by atoms with Crippen LogP contribution in [0.2, 0.25) is 0 Å². The lowest BCUT2D eigenvalue weighted by molar-refractivity contribution is -0.139. The number of carbonyl (C=O) groups is 1. The molecule has 0 amide bonds. The van der Waals surface area contributed by atoms with Crippen LogP contribution < -0.4 is 10.1 Å². The fraction of sp³-hybridized carbons (Fsp3) is 0.417. The van der Waals surface area contributed by atoms with Gasteiger partial charge in [-0.3, -0.25) is 5.32 Å². The summed E-state index contributed by atoms with van der Waals surface area (Å²) in [5.74, 6) is -0.385. The van der Waals surface area contributed by atoms with Gasteiger partial charge in [0.1, 0.15) is 12.0 Å². The van der Waals surface area contributed by atoms with Crippen molar-refractivity contribution in [1.29, 1.82) is 0 Å². The molecule has 1 aromatic carbocycles. The van der Waals surface area contributed by atoms with Crippen molar-refractivity contribution >= 4 is 5.97 Å². The van der Waals surface area contributed by atoms with Crippen molar-refractivity contribution in [1.82, 2.24) is 5.32 Å². The Bertz CT molecular complexity index is 301. The summed E-state index contributed by atoms with van der Waals surface area (Å²) in [6, 6.07) is 8.84. The SMILES string of the molecule is CCNC(C)O.O=C(O)COc1ccccc1. The Kier molecular flexibility index (Phi) is 8.72. The molecule has 1 rings (SSSR count). The van der Waals surface area contributed by atoms with Crippen LogP contribution in [0.5, 0.6) is 5.75 Å². The van der Waals surface area contributed by atoms with Gasteiger partial charge in [-0.05, 0) is 25.6 Å². The Morgan fingerprint density at radius 2 is 2.00 bits per heavy atom. The summed E-state index contributed by atoms with van der Waals surface area (Å²) < 4.78 is 4.87. The van der Waals surface area contributed by atoms with E-state index in [9.17, 15) is 4.79 Å². The van der Waals surface area contributed by atoms with Crippen molar-refractivity contribution in [3.8, 4) is 5.75 Å². The number of aliphatic hydroxyl groups excluding tert-OH is 1. The average Bonchev–Trinajstić information content (AvgIpc) is 2.28. The Balaban J connectivity index is 0.000000366. The second kappa shape index (κ2) is 9.62. The number of para-hydroxylation sites is 1. The minimum Gasteiger partial charge on any atom is -0.482 e. The lowest BCUT2D eigenvalue weighted by Crippen LogP contribution is -2.24. The predicted octanol–water partition coefficient (Wildman–Crippen LogP) is 1.08. The fourth-order valence-corrected chi connectivity index (χ4v) is 0.957. The van der Waals surface area contributed by atoms with Crippen LogP contribution in [0, 0.1) is 0 Å². The van der Waals surface area contributed by atoms with Gasteiger partial charge in [0.15, 0.2) is 6.61 Å². The molecule has 3 N–H and O–H groups in total. The van der Waals surface area contributed by atoms with E-state index in [0.29, 0.717) is 5.75 Å². The van der Waals surface area contributed by atoms with E-state index in [4.69, 9.17) is 14.9 Å². The molecular weight excluding hydrogens is 222 g/mol. The number of nitrogens with one attached hydrogen (secondary N) is 1. The highest BCUT2D eigenvalue weighted by molar-refractivity contribution is 5.68. The van der Waals surface area contributed by atoms with Crippen molar-refractivity contribution in [2.24, 2.45) is 0 Å². The lowest BCUT2D eigenvalue weighted by atomic mass is 10.3. The van der Waals surface area contributed by atoms with Crippen LogP contribution in [0.1, 0.15) is 13.8 Å². The topological polar surface area (TPSA) is 78.8 Å². The standard InChI is InChI=1S/C8H8O3.C4H11NO/c9-8(10)6-11-7-4-2-1-3-5-7;1-3-5-4(2)6/h1-5H,6H2,(H,9,10);4-6H,3H2,1-2H3. The van der Waals surface area contributed by atoms with E-state index in [1.165, 1.54) is 0 Å². The molecule has 1 aromatic rings. The summed E-state index contributed by atoms with van der Waals surface area (Å²) in [4.78, 5) is 10.0. The maximum Gasteiger partial charge on any atom is 0.341 e. The van der Waals surface area contributed by atoms with Crippen molar-refractivity contribution < 1.29 is 19.7 Å². The molecule has 0 radical (unpaired) electrons. The highest BCUT2D eigenvalue weighted by atomic mass is 16.5. The number of aliphatic carboxylic acids is 1. The normalized spacial score (nSPS) is 11.0. The van der Waals surface area contributed by atoms with Crippen LogP contribution in [-0.2, 0) is 4.79 Å². The monoisotopic (exact) mass is 241 g/mol. The first-order chi connectivity index (χ1) is 8.06. The Morgan fingerprint density at radius 3 is 2.35 bits per heavy atom. The van der Waals surface area contributed by atoms with Gasteiger partial charge < -0.3 is 14.9 Å². The van der Waals surface area contributed by atoms with E-state index < -0.39 is 5.97 Å². The van der Waals surface area contributed by atoms with Crippen LogP contribution in [-0.4, -0.2) is 35.6 Å². The number of carboxylic acid groups (broad SMARTS) is 1. The van der Waals surface area contributed by atoms with E-state index >= 15 is 0 Å². The smallest absolute Gasteiger partial charge is 0.341 e. The van der Waals surface area contributed by atoms with Crippen molar-refractivity contribution in [3.63, 3.8) is 0 Å². The molecule has 1 unspecified atom stereocenters. The second-order valence-corrected chi connectivity index (χ2v) is 3.23. The average molecular weight is 241 g/mol. The lowest BCUT2D eigenvalue weighted by Gasteiger charge is -2.00. The summed E-state index contributed by atoms with van der Waals surface area (Å²) in [5, 5.41) is 19.5. The molecule has 0 bridgehead atoms. The zero-order chi connectivity index (χ0) is 13.1. The van der Waals surface area contributed by atoms with Crippen LogP contribution in [0.15, 0.2) is 30.3 Å². The number of benzene rings is 1. The molecule has 0 aliphatic carbocycles. The number of ether oxygens (including phenoxy) is 1. The molecule has 0 heterocycles. The van der Waals surface area contributed by atoms with E-state index in [2.05, 4.69) is 5.32 Å². The van der Waals surface area contributed by atoms with E-state index in [0.717, 1.165) is 6.54 Å². The van der Waals surface area contributed by atoms with Crippen LogP contribution >= 0.6 is 0 Å². The van der Waals surface area contributed by atoms with E-state index in [-0.39, 0.29) is 12.8 Å². The van der Waals surface area contributed by atoms with Gasteiger partial charge in [-0.15, -0.1) is 0 Å². The summed E-state index contributed by atoms with van der Waals surface area (Å²) in [6.07, 6.45) is -0.352. The third kappa shape index (κ3) is 10.7. The summed E-state index contributed by atoms with van der Waals surface area (Å²) in [7, 11) is 0. The second-order valence-electron chi connectivity index (χ2n) is 3.23.